The number of carbonyl (C=O) groups is 5. The van der Waals surface area contributed by atoms with Crippen LogP contribution in [-0.4, -0.2) is 74.8 Å². The van der Waals surface area contributed by atoms with E-state index in [2.05, 4.69) is 33.6 Å². The number of para-hydroxylation sites is 1. The highest BCUT2D eigenvalue weighted by molar-refractivity contribution is 7.80. The molecular weight excluding hydrogens is 502 g/mol. The van der Waals surface area contributed by atoms with Crippen LogP contribution in [0.15, 0.2) is 30.5 Å². The molecule has 12 nitrogen and oxygen atoms in total. The minimum absolute atomic E-state index is 0.0196. The van der Waals surface area contributed by atoms with Gasteiger partial charge in [-0.1, -0.05) is 32.0 Å². The van der Waals surface area contributed by atoms with E-state index in [9.17, 15) is 34.2 Å². The van der Waals surface area contributed by atoms with Gasteiger partial charge in [-0.2, -0.15) is 12.6 Å². The summed E-state index contributed by atoms with van der Waals surface area (Å²) in [7, 11) is 0. The number of hydrogen-bond acceptors (Lipinski definition) is 7. The van der Waals surface area contributed by atoms with Gasteiger partial charge in [-0.25, -0.2) is 4.79 Å². The van der Waals surface area contributed by atoms with E-state index in [1.54, 1.807) is 6.20 Å². The molecule has 3 amide bonds. The van der Waals surface area contributed by atoms with E-state index in [1.807, 2.05) is 38.1 Å². The molecule has 0 spiro atoms. The zero-order valence-corrected chi connectivity index (χ0v) is 21.5. The molecule has 4 atom stereocenters. The molecule has 0 aliphatic heterocycles. The molecule has 1 heterocycles. The third-order valence-electron chi connectivity index (χ3n) is 5.60. The van der Waals surface area contributed by atoms with Gasteiger partial charge < -0.3 is 36.9 Å². The Bertz CT molecular complexity index is 1140. The number of benzene rings is 1. The first-order valence-electron chi connectivity index (χ1n) is 11.7. The molecule has 1 aromatic heterocycles. The highest BCUT2D eigenvalue weighted by atomic mass is 32.1. The molecule has 8 N–H and O–H groups in total. The minimum Gasteiger partial charge on any atom is -0.481 e. The molecule has 0 radical (unpaired) electrons. The van der Waals surface area contributed by atoms with Crippen molar-refractivity contribution in [1.82, 2.24) is 20.9 Å². The molecule has 4 unspecified atom stereocenters. The first-order valence-corrected chi connectivity index (χ1v) is 12.3. The van der Waals surface area contributed by atoms with Crippen molar-refractivity contribution in [1.29, 1.82) is 0 Å². The molecule has 0 saturated heterocycles. The Hall–Kier alpha value is -3.58. The lowest BCUT2D eigenvalue weighted by Crippen LogP contribution is -2.58. The van der Waals surface area contributed by atoms with Crippen LogP contribution in [0.5, 0.6) is 0 Å². The second kappa shape index (κ2) is 13.7. The fourth-order valence-electron chi connectivity index (χ4n) is 3.74. The summed E-state index contributed by atoms with van der Waals surface area (Å²) >= 11 is 3.87. The van der Waals surface area contributed by atoms with Crippen LogP contribution < -0.4 is 21.7 Å². The number of carbonyl (C=O) groups excluding carboxylic acids is 3. The maximum atomic E-state index is 13.3. The summed E-state index contributed by atoms with van der Waals surface area (Å²) in [6.07, 6.45) is 1.28. The lowest BCUT2D eigenvalue weighted by molar-refractivity contribution is -0.143. The Labute approximate surface area is 219 Å². The Balaban J connectivity index is 2.30. The van der Waals surface area contributed by atoms with E-state index in [0.29, 0.717) is 12.0 Å². The summed E-state index contributed by atoms with van der Waals surface area (Å²) in [5.41, 5.74) is 7.51. The van der Waals surface area contributed by atoms with Gasteiger partial charge in [-0.05, 0) is 24.0 Å². The van der Waals surface area contributed by atoms with Gasteiger partial charge in [-0.15, -0.1) is 0 Å². The van der Waals surface area contributed by atoms with Crippen molar-refractivity contribution in [3.05, 3.63) is 36.0 Å². The molecule has 2 rings (SSSR count). The molecule has 0 aliphatic carbocycles. The second-order valence-electron chi connectivity index (χ2n) is 9.10. The van der Waals surface area contributed by atoms with E-state index in [4.69, 9.17) is 5.73 Å². The molecule has 202 valence electrons. The monoisotopic (exact) mass is 535 g/mol. The maximum absolute atomic E-state index is 13.3. The lowest BCUT2D eigenvalue weighted by Gasteiger charge is -2.24. The molecule has 0 bridgehead atoms. The topological polar surface area (TPSA) is 204 Å². The van der Waals surface area contributed by atoms with Crippen molar-refractivity contribution in [2.24, 2.45) is 11.7 Å². The van der Waals surface area contributed by atoms with Crippen molar-refractivity contribution in [2.45, 2.75) is 57.3 Å². The predicted molar refractivity (Wildman–Crippen MR) is 139 cm³/mol. The van der Waals surface area contributed by atoms with Crippen LogP contribution in [0.25, 0.3) is 10.9 Å². The fourth-order valence-corrected chi connectivity index (χ4v) is 3.98. The predicted octanol–water partition coefficient (Wildman–Crippen LogP) is 0.0273. The van der Waals surface area contributed by atoms with Crippen LogP contribution in [0.4, 0.5) is 0 Å². The second-order valence-corrected chi connectivity index (χ2v) is 9.47. The summed E-state index contributed by atoms with van der Waals surface area (Å²) in [5.74, 6) is -5.29. The van der Waals surface area contributed by atoms with Crippen molar-refractivity contribution in [2.75, 3.05) is 5.75 Å². The van der Waals surface area contributed by atoms with Crippen molar-refractivity contribution >= 4 is 53.2 Å². The molecule has 37 heavy (non-hydrogen) atoms. The Kier molecular flexibility index (Phi) is 10.9. The first-order chi connectivity index (χ1) is 17.4. The number of aromatic amines is 1. The van der Waals surface area contributed by atoms with Crippen LogP contribution in [0.1, 0.15) is 32.3 Å². The largest absolute Gasteiger partial charge is 0.481 e. The number of rotatable bonds is 14. The van der Waals surface area contributed by atoms with Gasteiger partial charge >= 0.3 is 11.9 Å². The fraction of sp³-hybridized carbons (Fsp3) is 0.458. The van der Waals surface area contributed by atoms with Crippen LogP contribution >= 0.6 is 12.6 Å². The average Bonchev–Trinajstić information content (AvgIpc) is 3.23. The maximum Gasteiger partial charge on any atom is 0.327 e. The van der Waals surface area contributed by atoms with Gasteiger partial charge in [0.25, 0.3) is 0 Å². The van der Waals surface area contributed by atoms with Crippen LogP contribution in [0.2, 0.25) is 0 Å². The normalized spacial score (nSPS) is 14.4. The number of nitrogens with one attached hydrogen (secondary N) is 4. The lowest BCUT2D eigenvalue weighted by atomic mass is 10.0. The van der Waals surface area contributed by atoms with E-state index in [1.165, 1.54) is 0 Å². The number of thiol groups is 1. The van der Waals surface area contributed by atoms with Gasteiger partial charge in [0.1, 0.15) is 18.1 Å². The highest BCUT2D eigenvalue weighted by Gasteiger charge is 2.32. The molecule has 0 fully saturated rings. The SMILES string of the molecule is CC(C)CC(N)C(=O)NC(Cc1c[nH]c2ccccc12)C(=O)NC(CC(=O)O)C(=O)NC(CS)C(=O)O. The number of aliphatic carboxylic acids is 2. The summed E-state index contributed by atoms with van der Waals surface area (Å²) in [4.78, 5) is 64.4. The number of carboxylic acid groups (broad SMARTS) is 2. The zero-order chi connectivity index (χ0) is 27.7. The smallest absolute Gasteiger partial charge is 0.327 e. The Morgan fingerprint density at radius 2 is 1.54 bits per heavy atom. The number of carboxylic acids is 2. The van der Waals surface area contributed by atoms with E-state index in [0.717, 1.165) is 10.9 Å². The molecule has 0 aliphatic rings. The summed E-state index contributed by atoms with van der Waals surface area (Å²) in [5, 5.41) is 26.4. The highest BCUT2D eigenvalue weighted by Crippen LogP contribution is 2.19. The number of nitrogens with two attached hydrogens (primary N) is 1. The number of fused-ring (bicyclic) bond motifs is 1. The summed E-state index contributed by atoms with van der Waals surface area (Å²) < 4.78 is 0. The molecule has 1 aromatic carbocycles. The third kappa shape index (κ3) is 8.79. The standard InChI is InChI=1S/C24H33N5O7S/c1-12(2)7-15(25)21(32)27-17(8-13-10-26-16-6-4-3-5-14(13)16)22(33)28-18(9-20(30)31)23(34)29-19(11-37)24(35)36/h3-6,10,12,15,17-19,26,37H,7-9,11,25H2,1-2H3,(H,27,32)(H,28,33)(H,29,34)(H,30,31)(H,35,36). The van der Waals surface area contributed by atoms with Crippen molar-refractivity contribution < 1.29 is 34.2 Å². The molecule has 13 heteroatoms. The number of H-pyrrole nitrogens is 1. The van der Waals surface area contributed by atoms with Crippen LogP contribution in [-0.2, 0) is 30.4 Å². The molecule has 2 aromatic rings. The molecule has 0 saturated carbocycles. The first kappa shape index (κ1) is 29.6. The average molecular weight is 536 g/mol. The number of amides is 3. The van der Waals surface area contributed by atoms with Gasteiger partial charge in [0.2, 0.25) is 17.7 Å². The number of aromatic nitrogens is 1. The van der Waals surface area contributed by atoms with E-state index < -0.39 is 60.2 Å². The van der Waals surface area contributed by atoms with Crippen LogP contribution in [0, 0.1) is 5.92 Å². The van der Waals surface area contributed by atoms with E-state index in [-0.39, 0.29) is 18.1 Å². The van der Waals surface area contributed by atoms with Crippen molar-refractivity contribution in [3.8, 4) is 0 Å². The number of hydrogen-bond donors (Lipinski definition) is 8. The summed E-state index contributed by atoms with van der Waals surface area (Å²) in [6, 6.07) is 2.27. The van der Waals surface area contributed by atoms with Gasteiger partial charge in [0.15, 0.2) is 0 Å². The van der Waals surface area contributed by atoms with Gasteiger partial charge in [0, 0.05) is 29.3 Å². The third-order valence-corrected chi connectivity index (χ3v) is 5.97. The van der Waals surface area contributed by atoms with E-state index >= 15 is 0 Å². The van der Waals surface area contributed by atoms with Crippen LogP contribution in [0.3, 0.4) is 0 Å². The molecular formula is C24H33N5O7S. The zero-order valence-electron chi connectivity index (χ0n) is 20.6. The Morgan fingerprint density at radius 1 is 0.946 bits per heavy atom. The minimum atomic E-state index is -1.60. The van der Waals surface area contributed by atoms with Gasteiger partial charge in [-0.3, -0.25) is 19.2 Å². The van der Waals surface area contributed by atoms with Gasteiger partial charge in [0.05, 0.1) is 12.5 Å². The quantitative estimate of drug-likeness (QED) is 0.155. The Morgan fingerprint density at radius 3 is 2.14 bits per heavy atom. The van der Waals surface area contributed by atoms with Crippen molar-refractivity contribution in [3.63, 3.8) is 0 Å². The summed E-state index contributed by atoms with van der Waals surface area (Å²) in [6.45, 7) is 3.79.